The summed E-state index contributed by atoms with van der Waals surface area (Å²) in [5, 5.41) is 9.82. The van der Waals surface area contributed by atoms with Gasteiger partial charge in [0.25, 0.3) is 0 Å². The second-order valence-electron chi connectivity index (χ2n) is 6.27. The Bertz CT molecular complexity index is 1080. The lowest BCUT2D eigenvalue weighted by Crippen LogP contribution is -1.98. The van der Waals surface area contributed by atoms with E-state index in [9.17, 15) is 4.39 Å². The van der Waals surface area contributed by atoms with E-state index in [2.05, 4.69) is 20.8 Å². The topological polar surface area (TPSA) is 43.6 Å². The molecule has 122 valence electrons. The van der Waals surface area contributed by atoms with Crippen molar-refractivity contribution >= 4 is 10.9 Å². The predicted octanol–water partition coefficient (Wildman–Crippen LogP) is 4.25. The number of para-hydroxylation sites is 1. The molecule has 0 radical (unpaired) electrons. The minimum atomic E-state index is -0.250. The summed E-state index contributed by atoms with van der Waals surface area (Å²) in [6.07, 6.45) is 2.08. The fourth-order valence-electron chi connectivity index (χ4n) is 3.48. The number of fused-ring (bicyclic) bond motifs is 2. The van der Waals surface area contributed by atoms with Gasteiger partial charge in [-0.05, 0) is 42.8 Å². The minimum Gasteiger partial charge on any atom is -0.311 e. The van der Waals surface area contributed by atoms with Crippen molar-refractivity contribution in [2.75, 3.05) is 0 Å². The summed E-state index contributed by atoms with van der Waals surface area (Å²) in [5.41, 5.74) is 3.61. The summed E-state index contributed by atoms with van der Waals surface area (Å²) in [7, 11) is 0. The van der Waals surface area contributed by atoms with Gasteiger partial charge in [0, 0.05) is 29.5 Å². The first-order valence-electron chi connectivity index (χ1n) is 8.38. The Labute approximate surface area is 144 Å². The maximum atomic E-state index is 13.3. The van der Waals surface area contributed by atoms with E-state index >= 15 is 0 Å². The van der Waals surface area contributed by atoms with Gasteiger partial charge in [0.05, 0.1) is 11.2 Å². The van der Waals surface area contributed by atoms with Crippen LogP contribution in [0.15, 0.2) is 54.6 Å². The molecule has 3 heterocycles. The van der Waals surface area contributed by atoms with Crippen molar-refractivity contribution in [1.82, 2.24) is 19.7 Å². The van der Waals surface area contributed by atoms with Gasteiger partial charge < -0.3 is 4.57 Å². The molecule has 0 spiro atoms. The number of halogens is 1. The average Bonchev–Trinajstić information content (AvgIpc) is 3.25. The minimum absolute atomic E-state index is 0.250. The maximum absolute atomic E-state index is 13.3. The molecule has 1 aliphatic heterocycles. The monoisotopic (exact) mass is 330 g/mol. The molecule has 0 amide bonds. The number of pyridine rings is 1. The number of nitrogens with zero attached hydrogens (tertiary/aromatic N) is 4. The highest BCUT2D eigenvalue weighted by Crippen LogP contribution is 2.32. The SMILES string of the molecule is Fc1ccc(-c2cc(-c3nnc4n3CCC4)c3ccccc3n2)cc1. The molecule has 0 atom stereocenters. The quantitative estimate of drug-likeness (QED) is 0.552. The van der Waals surface area contributed by atoms with Crippen LogP contribution in [0, 0.1) is 5.82 Å². The van der Waals surface area contributed by atoms with Gasteiger partial charge in [-0.1, -0.05) is 18.2 Å². The number of hydrogen-bond acceptors (Lipinski definition) is 3. The van der Waals surface area contributed by atoms with E-state index < -0.39 is 0 Å². The highest BCUT2D eigenvalue weighted by atomic mass is 19.1. The van der Waals surface area contributed by atoms with Crippen molar-refractivity contribution in [3.63, 3.8) is 0 Å². The molecule has 2 aromatic heterocycles. The molecule has 4 aromatic rings. The third kappa shape index (κ3) is 2.31. The Hall–Kier alpha value is -3.08. The lowest BCUT2D eigenvalue weighted by Gasteiger charge is -2.10. The van der Waals surface area contributed by atoms with Gasteiger partial charge in [0.15, 0.2) is 5.82 Å². The number of rotatable bonds is 2. The standard InChI is InChI=1S/C20H15FN4/c21-14-9-7-13(8-10-14)18-12-16(15-4-1-2-5-17(15)22-18)20-24-23-19-6-3-11-25(19)20/h1-2,4-5,7-10,12H,3,6,11H2. The zero-order chi connectivity index (χ0) is 16.8. The summed E-state index contributed by atoms with van der Waals surface area (Å²) >= 11 is 0. The van der Waals surface area contributed by atoms with Gasteiger partial charge in [0.1, 0.15) is 11.6 Å². The largest absolute Gasteiger partial charge is 0.311 e. The fourth-order valence-corrected chi connectivity index (χ4v) is 3.48. The molecule has 5 heteroatoms. The normalized spacial score (nSPS) is 13.3. The third-order valence-electron chi connectivity index (χ3n) is 4.71. The zero-order valence-corrected chi connectivity index (χ0v) is 13.5. The van der Waals surface area contributed by atoms with E-state index in [-0.39, 0.29) is 5.82 Å². The van der Waals surface area contributed by atoms with Crippen LogP contribution in [0.25, 0.3) is 33.5 Å². The van der Waals surface area contributed by atoms with Gasteiger partial charge in [0.2, 0.25) is 0 Å². The van der Waals surface area contributed by atoms with Crippen LogP contribution in [0.3, 0.4) is 0 Å². The molecule has 0 saturated carbocycles. The Morgan fingerprint density at radius 2 is 1.80 bits per heavy atom. The molecule has 1 aliphatic rings. The van der Waals surface area contributed by atoms with Crippen LogP contribution in [0.1, 0.15) is 12.2 Å². The Morgan fingerprint density at radius 1 is 0.960 bits per heavy atom. The summed E-state index contributed by atoms with van der Waals surface area (Å²) < 4.78 is 15.5. The van der Waals surface area contributed by atoms with Crippen LogP contribution in [-0.2, 0) is 13.0 Å². The van der Waals surface area contributed by atoms with Crippen LogP contribution in [0.5, 0.6) is 0 Å². The van der Waals surface area contributed by atoms with E-state index in [0.29, 0.717) is 0 Å². The number of aryl methyl sites for hydroxylation is 1. The molecule has 2 aromatic carbocycles. The van der Waals surface area contributed by atoms with Crippen molar-refractivity contribution in [3.8, 4) is 22.6 Å². The first kappa shape index (κ1) is 14.3. The lowest BCUT2D eigenvalue weighted by atomic mass is 10.0. The van der Waals surface area contributed by atoms with Crippen molar-refractivity contribution in [2.45, 2.75) is 19.4 Å². The first-order chi connectivity index (χ1) is 12.3. The first-order valence-corrected chi connectivity index (χ1v) is 8.38. The number of aromatic nitrogens is 4. The molecule has 0 N–H and O–H groups in total. The summed E-state index contributed by atoms with van der Waals surface area (Å²) in [6, 6.07) is 16.5. The lowest BCUT2D eigenvalue weighted by molar-refractivity contribution is 0.628. The maximum Gasteiger partial charge on any atom is 0.164 e. The van der Waals surface area contributed by atoms with Crippen LogP contribution in [0.2, 0.25) is 0 Å². The second kappa shape index (κ2) is 5.48. The molecule has 0 fully saturated rings. The van der Waals surface area contributed by atoms with Crippen LogP contribution in [0.4, 0.5) is 4.39 Å². The number of benzene rings is 2. The van der Waals surface area contributed by atoms with Crippen LogP contribution < -0.4 is 0 Å². The predicted molar refractivity (Wildman–Crippen MR) is 94.5 cm³/mol. The second-order valence-corrected chi connectivity index (χ2v) is 6.27. The molecular formula is C20H15FN4. The highest BCUT2D eigenvalue weighted by Gasteiger charge is 2.20. The smallest absolute Gasteiger partial charge is 0.164 e. The van der Waals surface area contributed by atoms with Gasteiger partial charge in [-0.2, -0.15) is 0 Å². The molecule has 25 heavy (non-hydrogen) atoms. The van der Waals surface area contributed by atoms with E-state index in [1.54, 1.807) is 12.1 Å². The molecule has 0 bridgehead atoms. The van der Waals surface area contributed by atoms with Gasteiger partial charge in [-0.15, -0.1) is 10.2 Å². The average molecular weight is 330 g/mol. The molecule has 0 aliphatic carbocycles. The van der Waals surface area contributed by atoms with Crippen LogP contribution in [-0.4, -0.2) is 19.7 Å². The van der Waals surface area contributed by atoms with E-state index in [1.165, 1.54) is 12.1 Å². The van der Waals surface area contributed by atoms with Crippen LogP contribution >= 0.6 is 0 Å². The Balaban J connectivity index is 1.77. The highest BCUT2D eigenvalue weighted by molar-refractivity contribution is 5.95. The molecule has 4 nitrogen and oxygen atoms in total. The van der Waals surface area contributed by atoms with Gasteiger partial charge in [-0.3, -0.25) is 0 Å². The third-order valence-corrected chi connectivity index (χ3v) is 4.71. The number of hydrogen-bond donors (Lipinski definition) is 0. The molecule has 0 unspecified atom stereocenters. The summed E-state index contributed by atoms with van der Waals surface area (Å²) in [5.74, 6) is 1.67. The Kier molecular flexibility index (Phi) is 3.13. The van der Waals surface area contributed by atoms with Crippen molar-refractivity contribution in [3.05, 3.63) is 66.2 Å². The fraction of sp³-hybridized carbons (Fsp3) is 0.150. The summed E-state index contributed by atoms with van der Waals surface area (Å²) in [6.45, 7) is 0.945. The molecule has 5 rings (SSSR count). The van der Waals surface area contributed by atoms with E-state index in [1.807, 2.05) is 24.3 Å². The molecule has 0 saturated heterocycles. The van der Waals surface area contributed by atoms with Crippen molar-refractivity contribution in [1.29, 1.82) is 0 Å². The van der Waals surface area contributed by atoms with Gasteiger partial charge in [-0.25, -0.2) is 9.37 Å². The van der Waals surface area contributed by atoms with E-state index in [4.69, 9.17) is 4.98 Å². The van der Waals surface area contributed by atoms with Crippen molar-refractivity contribution < 1.29 is 4.39 Å². The van der Waals surface area contributed by atoms with Crippen molar-refractivity contribution in [2.24, 2.45) is 0 Å². The Morgan fingerprint density at radius 3 is 2.68 bits per heavy atom. The van der Waals surface area contributed by atoms with E-state index in [0.717, 1.165) is 58.8 Å². The molecular weight excluding hydrogens is 315 g/mol. The van der Waals surface area contributed by atoms with Gasteiger partial charge >= 0.3 is 0 Å². The zero-order valence-electron chi connectivity index (χ0n) is 13.5. The summed E-state index contributed by atoms with van der Waals surface area (Å²) in [4.78, 5) is 4.76.